The lowest BCUT2D eigenvalue weighted by atomic mass is 10.1. The molecule has 0 aliphatic heterocycles. The van der Waals surface area contributed by atoms with E-state index in [1.165, 1.54) is 0 Å². The number of alkyl halides is 2. The Morgan fingerprint density at radius 1 is 1.22 bits per heavy atom. The van der Waals surface area contributed by atoms with Crippen molar-refractivity contribution in [1.29, 1.82) is 0 Å². The van der Waals surface area contributed by atoms with Gasteiger partial charge in [0.2, 0.25) is 5.91 Å². The molecule has 1 aliphatic carbocycles. The molecule has 5 heteroatoms. The Balaban J connectivity index is 1.74. The molecular weight excluding hydrogens is 331 g/mol. The summed E-state index contributed by atoms with van der Waals surface area (Å²) in [5, 5.41) is 2.85. The zero-order valence-electron chi connectivity index (χ0n) is 12.4. The fourth-order valence-electron chi connectivity index (χ4n) is 2.16. The maximum Gasteiger partial charge on any atom is 0.233 e. The van der Waals surface area contributed by atoms with Gasteiger partial charge in [-0.3, -0.25) is 4.79 Å². The first kappa shape index (κ1) is 15.9. The summed E-state index contributed by atoms with van der Waals surface area (Å²) in [5.41, 5.74) is 1.41. The molecule has 1 aromatic heterocycles. The van der Waals surface area contributed by atoms with Crippen LogP contribution in [0.1, 0.15) is 24.6 Å². The van der Waals surface area contributed by atoms with Crippen molar-refractivity contribution >= 4 is 34.8 Å². The van der Waals surface area contributed by atoms with Crippen LogP contribution in [-0.2, 0) is 4.79 Å². The number of benzene rings is 1. The summed E-state index contributed by atoms with van der Waals surface area (Å²) >= 11 is 12.1. The number of aromatic nitrogens is 1. The Morgan fingerprint density at radius 2 is 2.00 bits per heavy atom. The predicted molar refractivity (Wildman–Crippen MR) is 92.4 cm³/mol. The summed E-state index contributed by atoms with van der Waals surface area (Å²) < 4.78 is -0.979. The summed E-state index contributed by atoms with van der Waals surface area (Å²) in [7, 11) is 0. The van der Waals surface area contributed by atoms with Gasteiger partial charge in [0.1, 0.15) is 10.0 Å². The molecule has 1 aromatic carbocycles. The van der Waals surface area contributed by atoms with E-state index in [0.717, 1.165) is 5.56 Å². The van der Waals surface area contributed by atoms with Crippen LogP contribution in [0.25, 0.3) is 0 Å². The Hall–Kier alpha value is -2.02. The summed E-state index contributed by atoms with van der Waals surface area (Å²) in [4.78, 5) is 16.4. The molecule has 0 saturated heterocycles. The third-order valence-corrected chi connectivity index (χ3v) is 4.98. The monoisotopic (exact) mass is 344 g/mol. The number of anilines is 1. The zero-order chi connectivity index (χ0) is 16.5. The van der Waals surface area contributed by atoms with E-state index in [0.29, 0.717) is 17.8 Å². The Labute approximate surface area is 145 Å². The molecule has 23 heavy (non-hydrogen) atoms. The molecule has 0 spiro atoms. The number of carbonyl (C=O) groups excluding carboxylic acids is 1. The lowest BCUT2D eigenvalue weighted by Crippen LogP contribution is -2.25. The van der Waals surface area contributed by atoms with E-state index in [-0.39, 0.29) is 5.91 Å². The van der Waals surface area contributed by atoms with Crippen molar-refractivity contribution in [2.45, 2.75) is 17.7 Å². The van der Waals surface area contributed by atoms with Crippen LogP contribution in [0.5, 0.6) is 0 Å². The third-order valence-electron chi connectivity index (χ3n) is 3.88. The molecule has 1 amide bonds. The summed E-state index contributed by atoms with van der Waals surface area (Å²) in [6, 6.07) is 12.9. The number of rotatable bonds is 2. The van der Waals surface area contributed by atoms with Crippen LogP contribution in [0.15, 0.2) is 48.7 Å². The van der Waals surface area contributed by atoms with E-state index in [1.807, 2.05) is 36.4 Å². The second-order valence-corrected chi connectivity index (χ2v) is 7.20. The molecule has 0 radical (unpaired) electrons. The number of hydrogen-bond donors (Lipinski definition) is 1. The molecule has 1 saturated carbocycles. The van der Waals surface area contributed by atoms with Crippen LogP contribution >= 0.6 is 23.2 Å². The Kier molecular flexibility index (Phi) is 4.06. The number of amides is 1. The average molecular weight is 345 g/mol. The van der Waals surface area contributed by atoms with E-state index in [9.17, 15) is 4.79 Å². The van der Waals surface area contributed by atoms with Crippen molar-refractivity contribution in [3.63, 3.8) is 0 Å². The first-order chi connectivity index (χ1) is 10.9. The van der Waals surface area contributed by atoms with Gasteiger partial charge < -0.3 is 5.32 Å². The summed E-state index contributed by atoms with van der Waals surface area (Å²) in [6.45, 7) is 1.76. The van der Waals surface area contributed by atoms with E-state index in [1.54, 1.807) is 19.2 Å². The minimum absolute atomic E-state index is 0.183. The summed E-state index contributed by atoms with van der Waals surface area (Å²) in [6.07, 6.45) is 2.15. The zero-order valence-corrected chi connectivity index (χ0v) is 13.9. The lowest BCUT2D eigenvalue weighted by molar-refractivity contribution is -0.120. The molecule has 1 unspecified atom stereocenters. The fourth-order valence-corrected chi connectivity index (χ4v) is 2.87. The van der Waals surface area contributed by atoms with E-state index >= 15 is 0 Å². The van der Waals surface area contributed by atoms with Gasteiger partial charge in [0.15, 0.2) is 0 Å². The molecule has 1 heterocycles. The topological polar surface area (TPSA) is 42.0 Å². The first-order valence-electron chi connectivity index (χ1n) is 7.13. The molecule has 1 fully saturated rings. The van der Waals surface area contributed by atoms with Gasteiger partial charge in [0.05, 0.1) is 5.41 Å². The van der Waals surface area contributed by atoms with Gasteiger partial charge in [-0.1, -0.05) is 18.1 Å². The maximum atomic E-state index is 12.3. The Bertz CT molecular complexity index is 809. The highest BCUT2D eigenvalue weighted by Crippen LogP contribution is 2.64. The van der Waals surface area contributed by atoms with Crippen LogP contribution in [-0.4, -0.2) is 15.2 Å². The predicted octanol–water partition coefficient (Wildman–Crippen LogP) is 4.00. The van der Waals surface area contributed by atoms with Gasteiger partial charge >= 0.3 is 0 Å². The molecule has 3 nitrogen and oxygen atoms in total. The molecular formula is C18H14Cl2N2O. The van der Waals surface area contributed by atoms with Crippen LogP contribution < -0.4 is 5.32 Å². The second kappa shape index (κ2) is 5.88. The van der Waals surface area contributed by atoms with Crippen molar-refractivity contribution < 1.29 is 4.79 Å². The maximum absolute atomic E-state index is 12.3. The quantitative estimate of drug-likeness (QED) is 0.660. The van der Waals surface area contributed by atoms with Crippen LogP contribution in [0.3, 0.4) is 0 Å². The molecule has 1 N–H and O–H groups in total. The highest BCUT2D eigenvalue weighted by atomic mass is 35.5. The number of halogens is 2. The van der Waals surface area contributed by atoms with Crippen molar-refractivity contribution in [1.82, 2.24) is 4.98 Å². The molecule has 0 bridgehead atoms. The number of nitrogens with zero attached hydrogens (tertiary/aromatic N) is 1. The van der Waals surface area contributed by atoms with Crippen molar-refractivity contribution in [3.8, 4) is 11.8 Å². The highest BCUT2D eigenvalue weighted by Gasteiger charge is 2.67. The van der Waals surface area contributed by atoms with Crippen LogP contribution in [0, 0.1) is 17.3 Å². The van der Waals surface area contributed by atoms with Crippen molar-refractivity contribution in [2.75, 3.05) is 5.32 Å². The van der Waals surface area contributed by atoms with Gasteiger partial charge in [-0.2, -0.15) is 0 Å². The number of pyridine rings is 1. The van der Waals surface area contributed by atoms with E-state index < -0.39 is 9.75 Å². The standard InChI is InChI=1S/C18H14Cl2N2O/c1-17(12-18(17,19)20)16(23)22-15-7-4-5-13(11-15)8-9-14-6-2-3-10-21-14/h2-7,10-11H,12H2,1H3,(H,22,23). The summed E-state index contributed by atoms with van der Waals surface area (Å²) in [5.74, 6) is 5.83. The van der Waals surface area contributed by atoms with Gasteiger partial charge in [0, 0.05) is 17.4 Å². The van der Waals surface area contributed by atoms with Crippen molar-refractivity contribution in [3.05, 3.63) is 59.9 Å². The fraction of sp³-hybridized carbons (Fsp3) is 0.222. The molecule has 2 aromatic rings. The molecule has 3 rings (SSSR count). The van der Waals surface area contributed by atoms with Crippen LogP contribution in [0.4, 0.5) is 5.69 Å². The molecule has 1 atom stereocenters. The normalized spacial score (nSPS) is 21.0. The van der Waals surface area contributed by atoms with E-state index in [4.69, 9.17) is 23.2 Å². The van der Waals surface area contributed by atoms with Gasteiger partial charge in [-0.15, -0.1) is 23.2 Å². The number of carbonyl (C=O) groups is 1. The number of nitrogens with one attached hydrogen (secondary N) is 1. The molecule has 116 valence electrons. The lowest BCUT2D eigenvalue weighted by Gasteiger charge is -2.12. The van der Waals surface area contributed by atoms with Crippen molar-refractivity contribution in [2.24, 2.45) is 5.41 Å². The second-order valence-electron chi connectivity index (χ2n) is 5.71. The van der Waals surface area contributed by atoms with Gasteiger partial charge in [-0.25, -0.2) is 4.98 Å². The largest absolute Gasteiger partial charge is 0.325 e. The van der Waals surface area contributed by atoms with Gasteiger partial charge in [-0.05, 0) is 49.6 Å². The minimum Gasteiger partial charge on any atom is -0.325 e. The Morgan fingerprint density at radius 3 is 2.65 bits per heavy atom. The average Bonchev–Trinajstić information content (AvgIpc) is 3.06. The van der Waals surface area contributed by atoms with Gasteiger partial charge in [0.25, 0.3) is 0 Å². The van der Waals surface area contributed by atoms with Crippen LogP contribution in [0.2, 0.25) is 0 Å². The highest BCUT2D eigenvalue weighted by molar-refractivity contribution is 6.53. The first-order valence-corrected chi connectivity index (χ1v) is 7.89. The molecule has 1 aliphatic rings. The SMILES string of the molecule is CC1(C(=O)Nc2cccc(C#Cc3ccccn3)c2)CC1(Cl)Cl. The third kappa shape index (κ3) is 3.34. The minimum atomic E-state index is -0.979. The van der Waals surface area contributed by atoms with E-state index in [2.05, 4.69) is 22.1 Å². The number of hydrogen-bond acceptors (Lipinski definition) is 2. The smallest absolute Gasteiger partial charge is 0.233 e.